The third-order valence-corrected chi connectivity index (χ3v) is 8.04. The van der Waals surface area contributed by atoms with E-state index in [2.05, 4.69) is 19.9 Å². The standard InChI is InChI=1S/C24H32O7/c1-15(25)29-13-23(4)18-7-11-24(14-30-24)19(6-5-17-9-12-28-21(17)27)22(18,3)10-8-20(23)31-16(2)26/h5-6,9,18-20H,7-8,10-14H2,1-4H3/b6-5+/t18-,19-,20+,22+,23-,24+/m0/s1. The number of cyclic esters (lactones) is 1. The van der Waals surface area contributed by atoms with Gasteiger partial charge in [-0.2, -0.15) is 0 Å². The summed E-state index contributed by atoms with van der Waals surface area (Å²) >= 11 is 0. The van der Waals surface area contributed by atoms with Gasteiger partial charge in [-0.1, -0.05) is 26.0 Å². The number of rotatable bonds is 5. The predicted molar refractivity (Wildman–Crippen MR) is 111 cm³/mol. The van der Waals surface area contributed by atoms with Crippen molar-refractivity contribution in [1.82, 2.24) is 0 Å². The van der Waals surface area contributed by atoms with Crippen LogP contribution in [0.4, 0.5) is 0 Å². The van der Waals surface area contributed by atoms with Gasteiger partial charge in [0.25, 0.3) is 0 Å². The van der Waals surface area contributed by atoms with Crippen LogP contribution in [0.3, 0.4) is 0 Å². The van der Waals surface area contributed by atoms with Crippen molar-refractivity contribution < 1.29 is 33.3 Å². The Balaban J connectivity index is 1.68. The predicted octanol–water partition coefficient (Wildman–Crippen LogP) is 3.12. The monoisotopic (exact) mass is 432 g/mol. The molecule has 2 heterocycles. The third kappa shape index (κ3) is 3.81. The molecule has 6 atom stereocenters. The first kappa shape index (κ1) is 22.1. The highest BCUT2D eigenvalue weighted by atomic mass is 16.6. The van der Waals surface area contributed by atoms with Crippen molar-refractivity contribution in [2.45, 2.75) is 65.1 Å². The zero-order valence-corrected chi connectivity index (χ0v) is 18.8. The van der Waals surface area contributed by atoms with Gasteiger partial charge >= 0.3 is 17.9 Å². The number of ether oxygens (including phenoxy) is 4. The van der Waals surface area contributed by atoms with Crippen LogP contribution in [0.5, 0.6) is 0 Å². The molecule has 2 saturated carbocycles. The Kier molecular flexibility index (Phi) is 5.53. The van der Waals surface area contributed by atoms with Crippen molar-refractivity contribution in [2.75, 3.05) is 19.8 Å². The SMILES string of the molecule is CC(=O)OC[C@@]1(C)[C@H]2CC[C@@]3(CO3)[C@@H](/C=C/C3=CCOC3=O)[C@]2(C)CC[C@H]1OC(C)=O. The van der Waals surface area contributed by atoms with E-state index in [0.717, 1.165) is 19.3 Å². The van der Waals surface area contributed by atoms with Gasteiger partial charge in [0.05, 0.1) is 17.8 Å². The van der Waals surface area contributed by atoms with Crippen LogP contribution in [0.2, 0.25) is 0 Å². The van der Waals surface area contributed by atoms with E-state index in [1.54, 1.807) is 6.08 Å². The summed E-state index contributed by atoms with van der Waals surface area (Å²) in [7, 11) is 0. The number of fused-ring (bicyclic) bond motifs is 1. The van der Waals surface area contributed by atoms with Crippen LogP contribution in [0, 0.1) is 22.7 Å². The van der Waals surface area contributed by atoms with E-state index in [9.17, 15) is 14.4 Å². The molecule has 170 valence electrons. The second-order valence-corrected chi connectivity index (χ2v) is 9.97. The molecule has 31 heavy (non-hydrogen) atoms. The van der Waals surface area contributed by atoms with Crippen molar-refractivity contribution in [1.29, 1.82) is 0 Å². The van der Waals surface area contributed by atoms with Gasteiger partial charge < -0.3 is 18.9 Å². The van der Waals surface area contributed by atoms with E-state index in [0.29, 0.717) is 25.2 Å². The lowest BCUT2D eigenvalue weighted by atomic mass is 9.45. The summed E-state index contributed by atoms with van der Waals surface area (Å²) in [4.78, 5) is 35.4. The average molecular weight is 433 g/mol. The summed E-state index contributed by atoms with van der Waals surface area (Å²) in [6, 6.07) is 0. The largest absolute Gasteiger partial charge is 0.465 e. The maximum Gasteiger partial charge on any atom is 0.338 e. The topological polar surface area (TPSA) is 91.4 Å². The zero-order valence-electron chi connectivity index (χ0n) is 18.8. The van der Waals surface area contributed by atoms with Gasteiger partial charge in [0.15, 0.2) is 0 Å². The Morgan fingerprint density at radius 2 is 1.94 bits per heavy atom. The lowest BCUT2D eigenvalue weighted by Crippen LogP contribution is -2.61. The molecule has 0 aromatic rings. The minimum absolute atomic E-state index is 0.1000. The summed E-state index contributed by atoms with van der Waals surface area (Å²) in [6.45, 7) is 8.41. The smallest absolute Gasteiger partial charge is 0.338 e. The van der Waals surface area contributed by atoms with Crippen LogP contribution in [0.15, 0.2) is 23.8 Å². The van der Waals surface area contributed by atoms with Gasteiger partial charge in [0.1, 0.15) is 19.3 Å². The Morgan fingerprint density at radius 1 is 1.19 bits per heavy atom. The lowest BCUT2D eigenvalue weighted by molar-refractivity contribution is -0.198. The molecule has 0 aromatic heterocycles. The van der Waals surface area contributed by atoms with Crippen LogP contribution in [-0.4, -0.2) is 49.4 Å². The van der Waals surface area contributed by atoms with Crippen molar-refractivity contribution in [3.05, 3.63) is 23.8 Å². The number of esters is 3. The Bertz CT molecular complexity index is 839. The molecule has 7 nitrogen and oxygen atoms in total. The molecule has 0 bridgehead atoms. The van der Waals surface area contributed by atoms with Crippen LogP contribution in [0.1, 0.15) is 53.4 Å². The van der Waals surface area contributed by atoms with Gasteiger partial charge in [0.2, 0.25) is 0 Å². The molecular formula is C24H32O7. The van der Waals surface area contributed by atoms with E-state index in [4.69, 9.17) is 18.9 Å². The minimum Gasteiger partial charge on any atom is -0.465 e. The van der Waals surface area contributed by atoms with Crippen LogP contribution in [-0.2, 0) is 33.3 Å². The molecule has 4 aliphatic rings. The molecule has 0 amide bonds. The van der Waals surface area contributed by atoms with Gasteiger partial charge in [-0.05, 0) is 43.1 Å². The average Bonchev–Trinajstić information content (AvgIpc) is 3.34. The highest BCUT2D eigenvalue weighted by molar-refractivity contribution is 5.93. The molecule has 4 rings (SSSR count). The molecule has 3 fully saturated rings. The minimum atomic E-state index is -0.502. The highest BCUT2D eigenvalue weighted by Crippen LogP contribution is 2.66. The van der Waals surface area contributed by atoms with Gasteiger partial charge in [-0.15, -0.1) is 0 Å². The first-order valence-corrected chi connectivity index (χ1v) is 11.1. The molecule has 2 aliphatic heterocycles. The summed E-state index contributed by atoms with van der Waals surface area (Å²) in [5.41, 5.74) is -0.280. The summed E-state index contributed by atoms with van der Waals surface area (Å²) in [5, 5.41) is 0. The van der Waals surface area contributed by atoms with E-state index in [-0.39, 0.29) is 53.5 Å². The van der Waals surface area contributed by atoms with Crippen LogP contribution >= 0.6 is 0 Å². The number of epoxide rings is 1. The van der Waals surface area contributed by atoms with Crippen molar-refractivity contribution in [3.8, 4) is 0 Å². The quantitative estimate of drug-likeness (QED) is 0.374. The molecule has 0 radical (unpaired) electrons. The van der Waals surface area contributed by atoms with E-state index in [1.165, 1.54) is 13.8 Å². The maximum absolute atomic E-state index is 11.9. The fraction of sp³-hybridized carbons (Fsp3) is 0.708. The van der Waals surface area contributed by atoms with Gasteiger partial charge in [0, 0.05) is 25.2 Å². The Hall–Kier alpha value is -2.15. The first-order valence-electron chi connectivity index (χ1n) is 11.1. The van der Waals surface area contributed by atoms with E-state index >= 15 is 0 Å². The highest BCUT2D eigenvalue weighted by Gasteiger charge is 2.67. The zero-order chi connectivity index (χ0) is 22.4. The molecular weight excluding hydrogens is 400 g/mol. The molecule has 2 aliphatic carbocycles. The molecule has 1 saturated heterocycles. The fourth-order valence-corrected chi connectivity index (χ4v) is 6.47. The summed E-state index contributed by atoms with van der Waals surface area (Å²) < 4.78 is 22.3. The third-order valence-electron chi connectivity index (χ3n) is 8.04. The summed E-state index contributed by atoms with van der Waals surface area (Å²) in [6.07, 6.45) is 8.81. The first-order chi connectivity index (χ1) is 14.6. The number of hydrogen-bond acceptors (Lipinski definition) is 7. The normalized spacial score (nSPS) is 41.5. The molecule has 1 spiro atoms. The number of hydrogen-bond donors (Lipinski definition) is 0. The van der Waals surface area contributed by atoms with E-state index in [1.807, 2.05) is 6.08 Å². The van der Waals surface area contributed by atoms with Gasteiger partial charge in [-0.3, -0.25) is 9.59 Å². The molecule has 0 aromatic carbocycles. The molecule has 0 N–H and O–H groups in total. The maximum atomic E-state index is 11.9. The second-order valence-electron chi connectivity index (χ2n) is 9.97. The Labute approximate surface area is 183 Å². The number of carbonyl (C=O) groups is 3. The molecule has 0 unspecified atom stereocenters. The van der Waals surface area contributed by atoms with Crippen molar-refractivity contribution in [2.24, 2.45) is 22.7 Å². The lowest BCUT2D eigenvalue weighted by Gasteiger charge is -2.60. The van der Waals surface area contributed by atoms with Crippen LogP contribution < -0.4 is 0 Å². The molecule has 7 heteroatoms. The van der Waals surface area contributed by atoms with Crippen molar-refractivity contribution in [3.63, 3.8) is 0 Å². The van der Waals surface area contributed by atoms with E-state index < -0.39 is 5.41 Å². The summed E-state index contributed by atoms with van der Waals surface area (Å²) in [5.74, 6) is -0.688. The fourth-order valence-electron chi connectivity index (χ4n) is 6.47. The number of carbonyl (C=O) groups excluding carboxylic acids is 3. The second kappa shape index (κ2) is 7.76. The van der Waals surface area contributed by atoms with Gasteiger partial charge in [-0.25, -0.2) is 4.79 Å². The van der Waals surface area contributed by atoms with Crippen molar-refractivity contribution >= 4 is 17.9 Å². The Morgan fingerprint density at radius 3 is 2.52 bits per heavy atom. The van der Waals surface area contributed by atoms with Crippen LogP contribution in [0.25, 0.3) is 0 Å².